The predicted octanol–water partition coefficient (Wildman–Crippen LogP) is 1.77. The van der Waals surface area contributed by atoms with E-state index in [0.717, 1.165) is 10.9 Å². The number of aromatic nitrogens is 1. The summed E-state index contributed by atoms with van der Waals surface area (Å²) in [7, 11) is 1.86. The highest BCUT2D eigenvalue weighted by Gasteiger charge is 2.35. The first kappa shape index (κ1) is 12.7. The molecule has 0 atom stereocenters. The Morgan fingerprint density at radius 3 is 2.65 bits per heavy atom. The number of para-hydroxylation sites is 1. The minimum absolute atomic E-state index is 0.0263. The maximum atomic E-state index is 12.2. The first-order chi connectivity index (χ1) is 9.56. The lowest BCUT2D eigenvalue weighted by Gasteiger charge is -2.32. The van der Waals surface area contributed by atoms with E-state index in [-0.39, 0.29) is 17.9 Å². The van der Waals surface area contributed by atoms with Crippen molar-refractivity contribution < 1.29 is 14.7 Å². The molecule has 2 aromatic rings. The van der Waals surface area contributed by atoms with Gasteiger partial charge in [-0.1, -0.05) is 18.2 Å². The zero-order chi connectivity index (χ0) is 14.3. The van der Waals surface area contributed by atoms with Crippen molar-refractivity contribution in [2.45, 2.75) is 18.9 Å². The van der Waals surface area contributed by atoms with E-state index < -0.39 is 5.97 Å². The molecule has 3 rings (SSSR count). The first-order valence-corrected chi connectivity index (χ1v) is 6.64. The van der Waals surface area contributed by atoms with Gasteiger partial charge in [-0.05, 0) is 25.0 Å². The summed E-state index contributed by atoms with van der Waals surface area (Å²) in [6.45, 7) is 0. The van der Waals surface area contributed by atoms with Gasteiger partial charge in [-0.2, -0.15) is 0 Å². The average molecular weight is 272 g/mol. The molecule has 1 heterocycles. The molecule has 1 aliphatic carbocycles. The van der Waals surface area contributed by atoms with Crippen LogP contribution in [0, 0.1) is 5.92 Å². The van der Waals surface area contributed by atoms with Crippen LogP contribution in [0.1, 0.15) is 23.3 Å². The molecule has 0 saturated heterocycles. The molecule has 1 saturated carbocycles. The summed E-state index contributed by atoms with van der Waals surface area (Å²) in [6, 6.07) is 9.65. The van der Waals surface area contributed by atoms with Crippen LogP contribution in [0.5, 0.6) is 0 Å². The monoisotopic (exact) mass is 272 g/mol. The number of nitrogens with one attached hydrogen (secondary N) is 1. The van der Waals surface area contributed by atoms with Crippen LogP contribution in [-0.2, 0) is 11.8 Å². The fourth-order valence-corrected chi connectivity index (χ4v) is 2.70. The number of aliphatic carboxylic acids is 1. The van der Waals surface area contributed by atoms with Gasteiger partial charge in [0.15, 0.2) is 0 Å². The summed E-state index contributed by atoms with van der Waals surface area (Å²) in [4.78, 5) is 23.0. The van der Waals surface area contributed by atoms with Gasteiger partial charge >= 0.3 is 5.97 Å². The SMILES string of the molecule is Cn1c(C(=O)NC2CC(C(=O)O)C2)cc2ccccc21. The van der Waals surface area contributed by atoms with Crippen molar-refractivity contribution in [3.8, 4) is 0 Å². The Bertz CT molecular complexity index is 683. The topological polar surface area (TPSA) is 71.3 Å². The minimum atomic E-state index is -0.778. The van der Waals surface area contributed by atoms with Gasteiger partial charge in [0, 0.05) is 24.0 Å². The Morgan fingerprint density at radius 1 is 1.30 bits per heavy atom. The number of carbonyl (C=O) groups excluding carboxylic acids is 1. The van der Waals surface area contributed by atoms with Gasteiger partial charge in [-0.15, -0.1) is 0 Å². The highest BCUT2D eigenvalue weighted by molar-refractivity contribution is 5.98. The van der Waals surface area contributed by atoms with Crippen molar-refractivity contribution in [1.29, 1.82) is 0 Å². The van der Waals surface area contributed by atoms with Gasteiger partial charge in [0.05, 0.1) is 5.92 Å². The molecule has 1 fully saturated rings. The lowest BCUT2D eigenvalue weighted by atomic mass is 9.80. The Labute approximate surface area is 116 Å². The molecular weight excluding hydrogens is 256 g/mol. The van der Waals surface area contributed by atoms with Gasteiger partial charge in [-0.3, -0.25) is 9.59 Å². The fraction of sp³-hybridized carbons (Fsp3) is 0.333. The van der Waals surface area contributed by atoms with E-state index in [1.54, 1.807) is 0 Å². The standard InChI is InChI=1S/C15H16N2O3/c1-17-12-5-3-2-4-9(12)8-13(17)14(18)16-11-6-10(7-11)15(19)20/h2-5,8,10-11H,6-7H2,1H3,(H,16,18)(H,19,20). The number of carbonyl (C=O) groups is 2. The van der Waals surface area contributed by atoms with E-state index in [4.69, 9.17) is 5.11 Å². The summed E-state index contributed by atoms with van der Waals surface area (Å²) < 4.78 is 1.86. The third-order valence-corrected chi connectivity index (χ3v) is 4.01. The second-order valence-corrected chi connectivity index (χ2v) is 5.32. The van der Waals surface area contributed by atoms with Crippen molar-refractivity contribution in [3.63, 3.8) is 0 Å². The number of nitrogens with zero attached hydrogens (tertiary/aromatic N) is 1. The molecule has 0 spiro atoms. The third kappa shape index (κ3) is 2.05. The average Bonchev–Trinajstić information content (AvgIpc) is 2.71. The highest BCUT2D eigenvalue weighted by atomic mass is 16.4. The van der Waals surface area contributed by atoms with Crippen LogP contribution in [0.15, 0.2) is 30.3 Å². The summed E-state index contributed by atoms with van der Waals surface area (Å²) in [6.07, 6.45) is 1.04. The fourth-order valence-electron chi connectivity index (χ4n) is 2.70. The molecule has 20 heavy (non-hydrogen) atoms. The van der Waals surface area contributed by atoms with Gasteiger partial charge in [0.1, 0.15) is 5.69 Å². The molecule has 5 heteroatoms. The maximum absolute atomic E-state index is 12.2. The lowest BCUT2D eigenvalue weighted by molar-refractivity contribution is -0.145. The molecule has 0 radical (unpaired) electrons. The van der Waals surface area contributed by atoms with Gasteiger partial charge in [0.2, 0.25) is 0 Å². The summed E-state index contributed by atoms with van der Waals surface area (Å²) in [5.41, 5.74) is 1.61. The largest absolute Gasteiger partial charge is 0.481 e. The Kier molecular flexibility index (Phi) is 2.97. The second kappa shape index (κ2) is 4.67. The molecule has 1 aliphatic rings. The normalized spacial score (nSPS) is 21.4. The van der Waals surface area contributed by atoms with E-state index in [1.165, 1.54) is 0 Å². The number of amides is 1. The molecule has 5 nitrogen and oxygen atoms in total. The number of aryl methyl sites for hydroxylation is 1. The number of hydrogen-bond acceptors (Lipinski definition) is 2. The Hall–Kier alpha value is -2.30. The molecule has 2 N–H and O–H groups in total. The van der Waals surface area contributed by atoms with Gasteiger partial charge in [-0.25, -0.2) is 0 Å². The number of carboxylic acids is 1. The van der Waals surface area contributed by atoms with Crippen LogP contribution in [0.2, 0.25) is 0 Å². The molecule has 0 unspecified atom stereocenters. The molecule has 1 amide bonds. The Balaban J connectivity index is 1.74. The Morgan fingerprint density at radius 2 is 2.00 bits per heavy atom. The summed E-state index contributed by atoms with van der Waals surface area (Å²) in [5, 5.41) is 12.7. The smallest absolute Gasteiger partial charge is 0.306 e. The van der Waals surface area contributed by atoms with Crippen LogP contribution in [-0.4, -0.2) is 27.6 Å². The van der Waals surface area contributed by atoms with Crippen molar-refractivity contribution in [1.82, 2.24) is 9.88 Å². The van der Waals surface area contributed by atoms with E-state index >= 15 is 0 Å². The van der Waals surface area contributed by atoms with Crippen LogP contribution >= 0.6 is 0 Å². The van der Waals surface area contributed by atoms with E-state index in [0.29, 0.717) is 18.5 Å². The third-order valence-electron chi connectivity index (χ3n) is 4.01. The van der Waals surface area contributed by atoms with Gasteiger partial charge in [0.25, 0.3) is 5.91 Å². The molecule has 104 valence electrons. The number of rotatable bonds is 3. The first-order valence-electron chi connectivity index (χ1n) is 6.64. The van der Waals surface area contributed by atoms with Crippen molar-refractivity contribution in [3.05, 3.63) is 36.0 Å². The minimum Gasteiger partial charge on any atom is -0.481 e. The predicted molar refractivity (Wildman–Crippen MR) is 74.5 cm³/mol. The van der Waals surface area contributed by atoms with Crippen molar-refractivity contribution >= 4 is 22.8 Å². The van der Waals surface area contributed by atoms with Crippen LogP contribution in [0.25, 0.3) is 10.9 Å². The molecule has 0 bridgehead atoms. The summed E-state index contributed by atoms with van der Waals surface area (Å²) >= 11 is 0. The molecule has 1 aromatic carbocycles. The van der Waals surface area contributed by atoms with E-state index in [9.17, 15) is 9.59 Å². The highest BCUT2D eigenvalue weighted by Crippen LogP contribution is 2.28. The quantitative estimate of drug-likeness (QED) is 0.894. The molecule has 1 aromatic heterocycles. The van der Waals surface area contributed by atoms with Gasteiger partial charge < -0.3 is 15.0 Å². The zero-order valence-electron chi connectivity index (χ0n) is 11.2. The van der Waals surface area contributed by atoms with Crippen molar-refractivity contribution in [2.75, 3.05) is 0 Å². The number of fused-ring (bicyclic) bond motifs is 1. The van der Waals surface area contributed by atoms with Crippen LogP contribution in [0.3, 0.4) is 0 Å². The number of benzene rings is 1. The maximum Gasteiger partial charge on any atom is 0.306 e. The van der Waals surface area contributed by atoms with Crippen LogP contribution < -0.4 is 5.32 Å². The van der Waals surface area contributed by atoms with E-state index in [1.807, 2.05) is 41.9 Å². The number of carboxylic acid groups (broad SMARTS) is 1. The molecular formula is C15H16N2O3. The molecule has 0 aliphatic heterocycles. The lowest BCUT2D eigenvalue weighted by Crippen LogP contribution is -2.47. The number of hydrogen-bond donors (Lipinski definition) is 2. The second-order valence-electron chi connectivity index (χ2n) is 5.32. The van der Waals surface area contributed by atoms with Crippen LogP contribution in [0.4, 0.5) is 0 Å². The van der Waals surface area contributed by atoms with E-state index in [2.05, 4.69) is 5.32 Å². The summed E-state index contributed by atoms with van der Waals surface area (Å²) in [5.74, 6) is -1.23. The van der Waals surface area contributed by atoms with Crippen molar-refractivity contribution in [2.24, 2.45) is 13.0 Å². The zero-order valence-corrected chi connectivity index (χ0v) is 11.2.